The quantitative estimate of drug-likeness (QED) is 0.854. The van der Waals surface area contributed by atoms with Crippen LogP contribution in [0.25, 0.3) is 10.9 Å². The van der Waals surface area contributed by atoms with Gasteiger partial charge in [-0.3, -0.25) is 9.36 Å². The zero-order chi connectivity index (χ0) is 13.4. The molecule has 1 aliphatic heterocycles. The molecular formula is C13H13ClFN3O. The maximum Gasteiger partial charge on any atom is 0.265 e. The number of fused-ring (bicyclic) bond motifs is 1. The molecule has 100 valence electrons. The second-order valence-electron chi connectivity index (χ2n) is 4.79. The van der Waals surface area contributed by atoms with E-state index in [4.69, 9.17) is 11.6 Å². The molecule has 4 nitrogen and oxygen atoms in total. The Morgan fingerprint density at radius 1 is 1.53 bits per heavy atom. The van der Waals surface area contributed by atoms with Crippen molar-refractivity contribution in [3.63, 3.8) is 0 Å². The lowest BCUT2D eigenvalue weighted by atomic mass is 10.1. The Morgan fingerprint density at radius 2 is 2.37 bits per heavy atom. The van der Waals surface area contributed by atoms with Crippen LogP contribution >= 0.6 is 11.6 Å². The number of halogens is 2. The van der Waals surface area contributed by atoms with Crippen molar-refractivity contribution in [1.29, 1.82) is 0 Å². The summed E-state index contributed by atoms with van der Waals surface area (Å²) in [5, 5.41) is 3.36. The topological polar surface area (TPSA) is 46.9 Å². The minimum atomic E-state index is -0.551. The molecule has 1 saturated heterocycles. The lowest BCUT2D eigenvalue weighted by Crippen LogP contribution is -2.27. The standard InChI is InChI=1S/C13H13ClFN3O/c14-13-17-10-3-1-2-9(15)11(10)12(19)18(13)7-8-4-5-16-6-8/h1-3,8,16H,4-7H2. The molecule has 1 fully saturated rings. The van der Waals surface area contributed by atoms with E-state index in [-0.39, 0.29) is 10.7 Å². The molecule has 0 spiro atoms. The molecule has 0 saturated carbocycles. The average Bonchev–Trinajstić information content (AvgIpc) is 2.87. The predicted octanol–water partition coefficient (Wildman–Crippen LogP) is 1.80. The second-order valence-corrected chi connectivity index (χ2v) is 5.13. The van der Waals surface area contributed by atoms with Gasteiger partial charge in [-0.1, -0.05) is 6.07 Å². The number of aromatic nitrogens is 2. The first-order chi connectivity index (χ1) is 9.16. The van der Waals surface area contributed by atoms with Crippen molar-refractivity contribution < 1.29 is 4.39 Å². The van der Waals surface area contributed by atoms with Crippen LogP contribution in [-0.2, 0) is 6.54 Å². The van der Waals surface area contributed by atoms with Crippen LogP contribution in [0, 0.1) is 11.7 Å². The van der Waals surface area contributed by atoms with E-state index >= 15 is 0 Å². The van der Waals surface area contributed by atoms with E-state index < -0.39 is 11.4 Å². The minimum Gasteiger partial charge on any atom is -0.316 e. The van der Waals surface area contributed by atoms with Crippen LogP contribution in [-0.4, -0.2) is 22.6 Å². The third-order valence-corrected chi connectivity index (χ3v) is 3.78. The van der Waals surface area contributed by atoms with Crippen molar-refractivity contribution in [2.45, 2.75) is 13.0 Å². The van der Waals surface area contributed by atoms with Gasteiger partial charge < -0.3 is 5.32 Å². The maximum absolute atomic E-state index is 13.8. The lowest BCUT2D eigenvalue weighted by molar-refractivity contribution is 0.470. The number of benzene rings is 1. The van der Waals surface area contributed by atoms with Crippen molar-refractivity contribution in [2.24, 2.45) is 5.92 Å². The minimum absolute atomic E-state index is 0.0119. The fourth-order valence-corrected chi connectivity index (χ4v) is 2.72. The van der Waals surface area contributed by atoms with Gasteiger partial charge in [0.15, 0.2) is 0 Å². The van der Waals surface area contributed by atoms with Gasteiger partial charge in [0, 0.05) is 6.54 Å². The van der Waals surface area contributed by atoms with Crippen LogP contribution < -0.4 is 10.9 Å². The van der Waals surface area contributed by atoms with E-state index in [2.05, 4.69) is 10.3 Å². The molecule has 2 aromatic rings. The Hall–Kier alpha value is -1.46. The van der Waals surface area contributed by atoms with Crippen LogP contribution in [0.15, 0.2) is 23.0 Å². The Bertz CT molecular complexity index is 679. The molecule has 0 aliphatic carbocycles. The monoisotopic (exact) mass is 281 g/mol. The van der Waals surface area contributed by atoms with Crippen LogP contribution in [0.5, 0.6) is 0 Å². The number of nitrogens with one attached hydrogen (secondary N) is 1. The van der Waals surface area contributed by atoms with Crippen LogP contribution in [0.1, 0.15) is 6.42 Å². The van der Waals surface area contributed by atoms with Gasteiger partial charge in [0.05, 0.1) is 5.52 Å². The molecule has 1 N–H and O–H groups in total. The molecule has 0 bridgehead atoms. The van der Waals surface area contributed by atoms with Gasteiger partial charge in [-0.2, -0.15) is 0 Å². The first kappa shape index (κ1) is 12.6. The van der Waals surface area contributed by atoms with E-state index in [1.54, 1.807) is 6.07 Å². The molecule has 3 rings (SSSR count). The highest BCUT2D eigenvalue weighted by Crippen LogP contribution is 2.17. The fourth-order valence-electron chi connectivity index (χ4n) is 2.48. The van der Waals surface area contributed by atoms with E-state index in [0.717, 1.165) is 19.5 Å². The largest absolute Gasteiger partial charge is 0.316 e. The summed E-state index contributed by atoms with van der Waals surface area (Å²) >= 11 is 6.05. The van der Waals surface area contributed by atoms with Crippen LogP contribution in [0.3, 0.4) is 0 Å². The van der Waals surface area contributed by atoms with E-state index in [1.807, 2.05) is 0 Å². The lowest BCUT2D eigenvalue weighted by Gasteiger charge is -2.13. The van der Waals surface area contributed by atoms with E-state index in [0.29, 0.717) is 18.0 Å². The van der Waals surface area contributed by atoms with E-state index in [9.17, 15) is 9.18 Å². The highest BCUT2D eigenvalue weighted by molar-refractivity contribution is 6.28. The first-order valence-corrected chi connectivity index (χ1v) is 6.60. The molecule has 2 heterocycles. The van der Waals surface area contributed by atoms with Crippen molar-refractivity contribution in [2.75, 3.05) is 13.1 Å². The molecular weight excluding hydrogens is 269 g/mol. The maximum atomic E-state index is 13.8. The normalized spacial score (nSPS) is 19.2. The highest BCUT2D eigenvalue weighted by Gasteiger charge is 2.19. The first-order valence-electron chi connectivity index (χ1n) is 6.22. The molecule has 1 atom stereocenters. The van der Waals surface area contributed by atoms with Crippen molar-refractivity contribution in [1.82, 2.24) is 14.9 Å². The predicted molar refractivity (Wildman–Crippen MR) is 71.9 cm³/mol. The van der Waals surface area contributed by atoms with Crippen molar-refractivity contribution in [3.8, 4) is 0 Å². The van der Waals surface area contributed by atoms with Gasteiger partial charge in [0.2, 0.25) is 5.28 Å². The highest BCUT2D eigenvalue weighted by atomic mass is 35.5. The van der Waals surface area contributed by atoms with Gasteiger partial charge in [0.25, 0.3) is 5.56 Å². The summed E-state index contributed by atoms with van der Waals surface area (Å²) in [5.74, 6) is -0.216. The van der Waals surface area contributed by atoms with Crippen LogP contribution in [0.4, 0.5) is 4.39 Å². The molecule has 1 aromatic carbocycles. The molecule has 0 radical (unpaired) electrons. The average molecular weight is 282 g/mol. The van der Waals surface area contributed by atoms with Gasteiger partial charge >= 0.3 is 0 Å². The Balaban J connectivity index is 2.13. The fraction of sp³-hybridized carbons (Fsp3) is 0.385. The summed E-state index contributed by atoms with van der Waals surface area (Å²) in [7, 11) is 0. The Labute approximate surface area is 114 Å². The van der Waals surface area contributed by atoms with Crippen molar-refractivity contribution in [3.05, 3.63) is 39.7 Å². The molecule has 1 aliphatic rings. The van der Waals surface area contributed by atoms with Crippen LogP contribution in [0.2, 0.25) is 5.28 Å². The molecule has 19 heavy (non-hydrogen) atoms. The zero-order valence-corrected chi connectivity index (χ0v) is 11.0. The SMILES string of the molecule is O=c1c2c(F)cccc2nc(Cl)n1CC1CCNC1. The third kappa shape index (κ3) is 2.24. The Kier molecular flexibility index (Phi) is 3.24. The number of nitrogens with zero attached hydrogens (tertiary/aromatic N) is 2. The van der Waals surface area contributed by atoms with Gasteiger partial charge in [-0.05, 0) is 49.2 Å². The summed E-state index contributed by atoms with van der Waals surface area (Å²) in [6.45, 7) is 2.26. The number of rotatable bonds is 2. The van der Waals surface area contributed by atoms with Crippen molar-refractivity contribution >= 4 is 22.5 Å². The second kappa shape index (κ2) is 4.90. The summed E-state index contributed by atoms with van der Waals surface area (Å²) in [6.07, 6.45) is 0.984. The summed E-state index contributed by atoms with van der Waals surface area (Å²) in [4.78, 5) is 16.4. The smallest absolute Gasteiger partial charge is 0.265 e. The van der Waals surface area contributed by atoms with Gasteiger partial charge in [-0.15, -0.1) is 0 Å². The zero-order valence-electron chi connectivity index (χ0n) is 10.2. The van der Waals surface area contributed by atoms with Gasteiger partial charge in [-0.25, -0.2) is 9.37 Å². The number of hydrogen-bond acceptors (Lipinski definition) is 3. The van der Waals surface area contributed by atoms with E-state index in [1.165, 1.54) is 16.7 Å². The molecule has 0 amide bonds. The Morgan fingerprint density at radius 3 is 3.11 bits per heavy atom. The summed E-state index contributed by atoms with van der Waals surface area (Å²) < 4.78 is 15.1. The molecule has 6 heteroatoms. The summed E-state index contributed by atoms with van der Waals surface area (Å²) in [6, 6.07) is 4.37. The molecule has 1 unspecified atom stereocenters. The third-order valence-electron chi connectivity index (χ3n) is 3.49. The van der Waals surface area contributed by atoms with Gasteiger partial charge in [0.1, 0.15) is 11.2 Å². The summed E-state index contributed by atoms with van der Waals surface area (Å²) in [5.41, 5.74) is -0.101. The molecule has 1 aromatic heterocycles. The number of hydrogen-bond donors (Lipinski definition) is 1.